The lowest BCUT2D eigenvalue weighted by atomic mass is 10.2. The monoisotopic (exact) mass is 252 g/mol. The van der Waals surface area contributed by atoms with Crippen molar-refractivity contribution in [2.45, 2.75) is 20.0 Å². The number of aromatic hydroxyl groups is 1. The number of nitrogens with zero attached hydrogens (tertiary/aromatic N) is 1. The summed E-state index contributed by atoms with van der Waals surface area (Å²) in [5.74, 6) is -0.872. The molecule has 3 nitrogen and oxygen atoms in total. The molecule has 0 saturated heterocycles. The number of aryl methyl sites for hydroxylation is 1. The van der Waals surface area contributed by atoms with Gasteiger partial charge in [0.1, 0.15) is 0 Å². The number of phenols is 1. The van der Waals surface area contributed by atoms with Crippen molar-refractivity contribution in [3.63, 3.8) is 0 Å². The van der Waals surface area contributed by atoms with E-state index in [0.717, 1.165) is 10.7 Å². The summed E-state index contributed by atoms with van der Waals surface area (Å²) in [5, 5.41) is 15.6. The lowest BCUT2D eigenvalue weighted by Gasteiger charge is -2.06. The number of hydrogen-bond donors (Lipinski definition) is 2. The van der Waals surface area contributed by atoms with Crippen LogP contribution < -0.4 is 5.32 Å². The third-order valence-electron chi connectivity index (χ3n) is 2.36. The summed E-state index contributed by atoms with van der Waals surface area (Å²) >= 11 is 1.60. The van der Waals surface area contributed by atoms with Gasteiger partial charge in [-0.1, -0.05) is 12.1 Å². The van der Waals surface area contributed by atoms with Gasteiger partial charge in [0.05, 0.1) is 10.7 Å². The molecule has 0 unspecified atom stereocenters. The zero-order valence-corrected chi connectivity index (χ0v) is 10.2. The summed E-state index contributed by atoms with van der Waals surface area (Å²) in [5.41, 5.74) is 1.51. The summed E-state index contributed by atoms with van der Waals surface area (Å²) in [7, 11) is 0. The quantitative estimate of drug-likeness (QED) is 0.879. The Morgan fingerprint density at radius 2 is 2.24 bits per heavy atom. The molecule has 0 radical (unpaired) electrons. The van der Waals surface area contributed by atoms with Crippen molar-refractivity contribution >= 4 is 11.3 Å². The lowest BCUT2D eigenvalue weighted by Crippen LogP contribution is -2.13. The molecule has 0 spiro atoms. The molecule has 90 valence electrons. The highest BCUT2D eigenvalue weighted by atomic mass is 32.1. The van der Waals surface area contributed by atoms with E-state index >= 15 is 0 Å². The molecule has 0 aliphatic heterocycles. The van der Waals surface area contributed by atoms with E-state index in [4.69, 9.17) is 0 Å². The Hall–Kier alpha value is -1.46. The van der Waals surface area contributed by atoms with Crippen molar-refractivity contribution in [1.82, 2.24) is 10.3 Å². The van der Waals surface area contributed by atoms with Crippen LogP contribution in [-0.2, 0) is 13.1 Å². The van der Waals surface area contributed by atoms with Gasteiger partial charge in [-0.3, -0.25) is 0 Å². The summed E-state index contributed by atoms with van der Waals surface area (Å²) < 4.78 is 13.0. The second-order valence-electron chi connectivity index (χ2n) is 3.71. The van der Waals surface area contributed by atoms with Gasteiger partial charge in [-0.25, -0.2) is 9.37 Å². The van der Waals surface area contributed by atoms with E-state index in [-0.39, 0.29) is 5.75 Å². The number of thiazole rings is 1. The van der Waals surface area contributed by atoms with Gasteiger partial charge in [-0.05, 0) is 13.0 Å². The Morgan fingerprint density at radius 1 is 1.41 bits per heavy atom. The van der Waals surface area contributed by atoms with Gasteiger partial charge in [0.15, 0.2) is 11.6 Å². The number of para-hydroxylation sites is 1. The fraction of sp³-hybridized carbons (Fsp3) is 0.250. The number of rotatable bonds is 4. The highest BCUT2D eigenvalue weighted by molar-refractivity contribution is 7.09. The minimum Gasteiger partial charge on any atom is -0.505 e. The SMILES string of the molecule is Cc1nc(CNCc2cccc(F)c2O)cs1. The van der Waals surface area contributed by atoms with Crippen LogP contribution >= 0.6 is 11.3 Å². The van der Waals surface area contributed by atoms with E-state index in [0.29, 0.717) is 18.7 Å². The molecule has 0 fully saturated rings. The largest absolute Gasteiger partial charge is 0.505 e. The molecular weight excluding hydrogens is 239 g/mol. The molecule has 0 atom stereocenters. The molecule has 0 bridgehead atoms. The van der Waals surface area contributed by atoms with E-state index in [2.05, 4.69) is 10.3 Å². The van der Waals surface area contributed by atoms with Crippen LogP contribution in [0.1, 0.15) is 16.3 Å². The Labute approximate surface area is 103 Å². The van der Waals surface area contributed by atoms with Gasteiger partial charge in [-0.2, -0.15) is 0 Å². The van der Waals surface area contributed by atoms with Gasteiger partial charge in [0.25, 0.3) is 0 Å². The van der Waals surface area contributed by atoms with E-state index in [1.807, 2.05) is 12.3 Å². The number of phenolic OH excluding ortho intramolecular Hbond substituents is 1. The Bertz CT molecular complexity index is 513. The first-order valence-electron chi connectivity index (χ1n) is 5.25. The zero-order chi connectivity index (χ0) is 12.3. The van der Waals surface area contributed by atoms with Crippen LogP contribution in [-0.4, -0.2) is 10.1 Å². The average molecular weight is 252 g/mol. The van der Waals surface area contributed by atoms with Crippen molar-refractivity contribution in [2.75, 3.05) is 0 Å². The summed E-state index contributed by atoms with van der Waals surface area (Å²) in [4.78, 5) is 4.30. The second-order valence-corrected chi connectivity index (χ2v) is 4.77. The van der Waals surface area contributed by atoms with Crippen molar-refractivity contribution in [1.29, 1.82) is 0 Å². The van der Waals surface area contributed by atoms with E-state index in [1.165, 1.54) is 6.07 Å². The van der Waals surface area contributed by atoms with Crippen LogP contribution in [0.2, 0.25) is 0 Å². The maximum atomic E-state index is 13.0. The van der Waals surface area contributed by atoms with Crippen LogP contribution in [0.4, 0.5) is 4.39 Å². The van der Waals surface area contributed by atoms with Gasteiger partial charge in [0, 0.05) is 24.0 Å². The predicted molar refractivity (Wildman–Crippen MR) is 65.5 cm³/mol. The van der Waals surface area contributed by atoms with Gasteiger partial charge in [0.2, 0.25) is 0 Å². The zero-order valence-electron chi connectivity index (χ0n) is 9.40. The Kier molecular flexibility index (Phi) is 3.71. The summed E-state index contributed by atoms with van der Waals surface area (Å²) in [6, 6.07) is 4.51. The number of hydrogen-bond acceptors (Lipinski definition) is 4. The standard InChI is InChI=1S/C12H13FN2OS/c1-8-15-10(7-17-8)6-14-5-9-3-2-4-11(13)12(9)16/h2-4,7,14,16H,5-6H2,1H3. The molecule has 0 aliphatic rings. The van der Waals surface area contributed by atoms with Crippen molar-refractivity contribution < 1.29 is 9.50 Å². The lowest BCUT2D eigenvalue weighted by molar-refractivity contribution is 0.423. The highest BCUT2D eigenvalue weighted by Crippen LogP contribution is 2.20. The van der Waals surface area contributed by atoms with Crippen LogP contribution in [0.5, 0.6) is 5.75 Å². The third kappa shape index (κ3) is 3.01. The Morgan fingerprint density at radius 3 is 2.94 bits per heavy atom. The van der Waals surface area contributed by atoms with Crippen LogP contribution in [0, 0.1) is 12.7 Å². The molecule has 1 aromatic carbocycles. The summed E-state index contributed by atoms with van der Waals surface area (Å²) in [6.07, 6.45) is 0. The maximum absolute atomic E-state index is 13.0. The normalized spacial score (nSPS) is 10.7. The van der Waals surface area contributed by atoms with Crippen LogP contribution in [0.25, 0.3) is 0 Å². The molecule has 2 N–H and O–H groups in total. The minimum atomic E-state index is -0.589. The number of aromatic nitrogens is 1. The highest BCUT2D eigenvalue weighted by Gasteiger charge is 2.06. The fourth-order valence-electron chi connectivity index (χ4n) is 1.52. The van der Waals surface area contributed by atoms with E-state index in [1.54, 1.807) is 23.5 Å². The van der Waals surface area contributed by atoms with Crippen molar-refractivity contribution in [3.8, 4) is 5.75 Å². The minimum absolute atomic E-state index is 0.283. The van der Waals surface area contributed by atoms with Crippen molar-refractivity contribution in [2.24, 2.45) is 0 Å². The molecule has 1 aromatic heterocycles. The van der Waals surface area contributed by atoms with Crippen LogP contribution in [0.15, 0.2) is 23.6 Å². The van der Waals surface area contributed by atoms with Gasteiger partial charge in [-0.15, -0.1) is 11.3 Å². The molecule has 5 heteroatoms. The summed E-state index contributed by atoms with van der Waals surface area (Å²) in [6.45, 7) is 2.98. The molecular formula is C12H13FN2OS. The molecule has 0 aliphatic carbocycles. The number of nitrogens with one attached hydrogen (secondary N) is 1. The van der Waals surface area contributed by atoms with E-state index < -0.39 is 5.82 Å². The molecule has 0 saturated carbocycles. The molecule has 17 heavy (non-hydrogen) atoms. The number of benzene rings is 1. The molecule has 1 heterocycles. The van der Waals surface area contributed by atoms with Crippen LogP contribution in [0.3, 0.4) is 0 Å². The van der Waals surface area contributed by atoms with Crippen molar-refractivity contribution in [3.05, 3.63) is 45.7 Å². The smallest absolute Gasteiger partial charge is 0.165 e. The molecule has 2 aromatic rings. The van der Waals surface area contributed by atoms with Gasteiger partial charge >= 0.3 is 0 Å². The molecule has 0 amide bonds. The molecule has 2 rings (SSSR count). The first kappa shape index (κ1) is 12.0. The maximum Gasteiger partial charge on any atom is 0.165 e. The Balaban J connectivity index is 1.92. The third-order valence-corrected chi connectivity index (χ3v) is 3.18. The number of halogens is 1. The fourth-order valence-corrected chi connectivity index (χ4v) is 2.13. The first-order valence-corrected chi connectivity index (χ1v) is 6.13. The predicted octanol–water partition coefficient (Wildman–Crippen LogP) is 2.59. The second kappa shape index (κ2) is 5.25. The topological polar surface area (TPSA) is 45.2 Å². The average Bonchev–Trinajstić information content (AvgIpc) is 2.70. The first-order chi connectivity index (χ1) is 8.16. The van der Waals surface area contributed by atoms with Gasteiger partial charge < -0.3 is 10.4 Å². The van der Waals surface area contributed by atoms with E-state index in [9.17, 15) is 9.50 Å².